The number of esters is 1. The Morgan fingerprint density at radius 3 is 2.44 bits per heavy atom. The van der Waals surface area contributed by atoms with Crippen molar-refractivity contribution in [1.82, 2.24) is 5.16 Å². The maximum absolute atomic E-state index is 11.9. The molecule has 1 aliphatic carbocycles. The number of aromatic nitrogens is 1. The van der Waals surface area contributed by atoms with Gasteiger partial charge in [0.1, 0.15) is 23.8 Å². The van der Waals surface area contributed by atoms with Gasteiger partial charge in [-0.15, -0.1) is 6.42 Å². The lowest BCUT2D eigenvalue weighted by Crippen LogP contribution is -2.02. The van der Waals surface area contributed by atoms with Crippen molar-refractivity contribution in [3.63, 3.8) is 0 Å². The second-order valence-electron chi connectivity index (χ2n) is 8.86. The number of halogens is 3. The van der Waals surface area contributed by atoms with Crippen molar-refractivity contribution < 1.29 is 18.8 Å². The zero-order chi connectivity index (χ0) is 27.5. The molecule has 0 amide bonds. The van der Waals surface area contributed by atoms with Crippen LogP contribution in [0.4, 0.5) is 0 Å². The highest BCUT2D eigenvalue weighted by Gasteiger charge is 2.33. The number of methoxy groups -OCH3 is 1. The first kappa shape index (κ1) is 26.7. The molecular weight excluding hydrogens is 557 g/mol. The normalized spacial score (nSPS) is 12.3. The quantitative estimate of drug-likeness (QED) is 0.172. The first-order valence-electron chi connectivity index (χ1n) is 11.9. The van der Waals surface area contributed by atoms with Crippen molar-refractivity contribution >= 4 is 40.8 Å². The Hall–Kier alpha value is -3.87. The van der Waals surface area contributed by atoms with Crippen LogP contribution in [-0.2, 0) is 11.3 Å². The van der Waals surface area contributed by atoms with Crippen LogP contribution in [0, 0.1) is 24.2 Å². The molecule has 3 aromatic carbocycles. The van der Waals surface area contributed by atoms with E-state index < -0.39 is 5.97 Å². The highest BCUT2D eigenvalue weighted by Crippen LogP contribution is 2.46. The van der Waals surface area contributed by atoms with Gasteiger partial charge in [0.15, 0.2) is 0 Å². The lowest BCUT2D eigenvalue weighted by molar-refractivity contribution is 0.0600. The van der Waals surface area contributed by atoms with Crippen LogP contribution in [0.15, 0.2) is 59.1 Å². The van der Waals surface area contributed by atoms with Crippen molar-refractivity contribution in [1.29, 1.82) is 0 Å². The van der Waals surface area contributed by atoms with Gasteiger partial charge in [-0.05, 0) is 55.3 Å². The van der Waals surface area contributed by atoms with Gasteiger partial charge in [-0.1, -0.05) is 63.8 Å². The van der Waals surface area contributed by atoms with Crippen LogP contribution >= 0.6 is 34.8 Å². The van der Waals surface area contributed by atoms with E-state index in [9.17, 15) is 4.79 Å². The van der Waals surface area contributed by atoms with Crippen LogP contribution in [0.1, 0.15) is 57.1 Å². The van der Waals surface area contributed by atoms with Crippen molar-refractivity contribution in [2.75, 3.05) is 7.11 Å². The molecule has 8 heteroatoms. The molecule has 0 atom stereocenters. The molecule has 1 heterocycles. The lowest BCUT2D eigenvalue weighted by atomic mass is 10.0. The van der Waals surface area contributed by atoms with Crippen LogP contribution in [0.25, 0.3) is 11.3 Å². The molecule has 1 aliphatic rings. The van der Waals surface area contributed by atoms with Gasteiger partial charge >= 0.3 is 5.97 Å². The fourth-order valence-electron chi connectivity index (χ4n) is 4.05. The van der Waals surface area contributed by atoms with Crippen LogP contribution in [0.3, 0.4) is 0 Å². The van der Waals surface area contributed by atoms with E-state index in [1.54, 1.807) is 54.6 Å². The first-order chi connectivity index (χ1) is 18.9. The maximum Gasteiger partial charge on any atom is 0.337 e. The number of benzene rings is 3. The van der Waals surface area contributed by atoms with E-state index >= 15 is 0 Å². The molecule has 1 saturated carbocycles. The predicted octanol–water partition coefficient (Wildman–Crippen LogP) is 7.93. The third kappa shape index (κ3) is 5.92. The second kappa shape index (κ2) is 11.5. The lowest BCUT2D eigenvalue weighted by Gasteiger charge is -2.10. The van der Waals surface area contributed by atoms with Crippen LogP contribution in [0.2, 0.25) is 15.1 Å². The van der Waals surface area contributed by atoms with Gasteiger partial charge in [-0.3, -0.25) is 0 Å². The number of hydrogen-bond donors (Lipinski definition) is 0. The molecule has 0 spiro atoms. The van der Waals surface area contributed by atoms with Gasteiger partial charge in [0.25, 0.3) is 0 Å². The minimum atomic E-state index is -0.493. The number of carbonyl (C=O) groups is 1. The zero-order valence-electron chi connectivity index (χ0n) is 20.7. The second-order valence-corrected chi connectivity index (χ2v) is 10.1. The Morgan fingerprint density at radius 1 is 1.03 bits per heavy atom. The molecule has 0 saturated heterocycles. The average Bonchev–Trinajstić information content (AvgIpc) is 3.70. The molecule has 5 rings (SSSR count). The van der Waals surface area contributed by atoms with Gasteiger partial charge in [0.2, 0.25) is 0 Å². The molecule has 1 aromatic heterocycles. The summed E-state index contributed by atoms with van der Waals surface area (Å²) >= 11 is 19.4. The van der Waals surface area contributed by atoms with E-state index in [0.717, 1.165) is 24.2 Å². The molecule has 5 nitrogen and oxygen atoms in total. The van der Waals surface area contributed by atoms with E-state index in [0.29, 0.717) is 60.2 Å². The molecule has 4 aromatic rings. The Bertz CT molecular complexity index is 1670. The minimum absolute atomic E-state index is 0.197. The Labute approximate surface area is 241 Å². The fourth-order valence-corrected chi connectivity index (χ4v) is 4.84. The number of hydrogen-bond acceptors (Lipinski definition) is 5. The van der Waals surface area contributed by atoms with Crippen LogP contribution in [-0.4, -0.2) is 18.2 Å². The van der Waals surface area contributed by atoms with E-state index in [-0.39, 0.29) is 6.61 Å². The Balaban J connectivity index is 1.38. The molecule has 39 heavy (non-hydrogen) atoms. The van der Waals surface area contributed by atoms with Gasteiger partial charge in [-0.25, -0.2) is 4.79 Å². The third-order valence-electron chi connectivity index (χ3n) is 6.15. The molecule has 1 fully saturated rings. The molecule has 0 radical (unpaired) electrons. The summed E-state index contributed by atoms with van der Waals surface area (Å²) in [6.07, 6.45) is 7.58. The summed E-state index contributed by atoms with van der Waals surface area (Å²) in [7, 11) is 1.31. The fraction of sp³-hybridized carbons (Fsp3) is 0.161. The summed E-state index contributed by atoms with van der Waals surface area (Å²) in [6, 6.07) is 15.4. The number of ether oxygens (including phenoxy) is 2. The van der Waals surface area contributed by atoms with E-state index in [1.807, 2.05) is 0 Å². The molecule has 0 bridgehead atoms. The topological polar surface area (TPSA) is 61.6 Å². The number of rotatable bonds is 6. The highest BCUT2D eigenvalue weighted by atomic mass is 35.5. The number of nitrogens with zero attached hydrogens (tertiary/aromatic N) is 1. The predicted molar refractivity (Wildman–Crippen MR) is 151 cm³/mol. The monoisotopic (exact) mass is 575 g/mol. The minimum Gasteiger partial charge on any atom is -0.489 e. The maximum atomic E-state index is 11.9. The molecule has 0 N–H and O–H groups in total. The van der Waals surface area contributed by atoms with Gasteiger partial charge < -0.3 is 14.0 Å². The summed E-state index contributed by atoms with van der Waals surface area (Å²) in [6.45, 7) is 0.197. The van der Waals surface area contributed by atoms with Crippen LogP contribution in [0.5, 0.6) is 5.75 Å². The SMILES string of the molecule is C#Cc1cc(C#Cc2ccc(OCc3c(-c4c(Cl)cccc4Cl)noc3C3CC3)cc2Cl)cc(C(=O)OC)c1. The van der Waals surface area contributed by atoms with E-state index in [4.69, 9.17) is 55.2 Å². The largest absolute Gasteiger partial charge is 0.489 e. The molecule has 0 aliphatic heterocycles. The molecule has 0 unspecified atom stereocenters. The third-order valence-corrected chi connectivity index (χ3v) is 7.09. The smallest absolute Gasteiger partial charge is 0.337 e. The summed E-state index contributed by atoms with van der Waals surface area (Å²) in [5.74, 6) is 9.70. The number of carbonyl (C=O) groups excluding carboxylic acids is 1. The van der Waals surface area contributed by atoms with Crippen molar-refractivity contribution in [2.24, 2.45) is 0 Å². The standard InChI is InChI=1S/C31H20Cl3NO4/c1-3-18-13-19(15-22(14-18)31(36)37-2)7-8-20-11-12-23(16-27(20)34)38-17-24-29(35-39-30(24)21-9-10-21)28-25(32)5-4-6-26(28)33/h1,4-6,11-16,21H,9-10,17H2,2H3. The van der Waals surface area contributed by atoms with Gasteiger partial charge in [0, 0.05) is 34.2 Å². The Kier molecular flexibility index (Phi) is 7.87. The summed E-state index contributed by atoms with van der Waals surface area (Å²) in [5.41, 5.74) is 3.99. The highest BCUT2D eigenvalue weighted by molar-refractivity contribution is 6.39. The van der Waals surface area contributed by atoms with E-state index in [1.165, 1.54) is 7.11 Å². The van der Waals surface area contributed by atoms with Crippen LogP contribution < -0.4 is 4.74 Å². The average molecular weight is 577 g/mol. The first-order valence-corrected chi connectivity index (χ1v) is 13.1. The molecular formula is C31H20Cl3NO4. The van der Waals surface area contributed by atoms with Crippen molar-refractivity contribution in [3.05, 3.63) is 103 Å². The summed E-state index contributed by atoms with van der Waals surface area (Å²) in [4.78, 5) is 11.9. The number of terminal acetylenes is 1. The Morgan fingerprint density at radius 2 is 1.77 bits per heavy atom. The van der Waals surface area contributed by atoms with E-state index in [2.05, 4.69) is 22.9 Å². The zero-order valence-corrected chi connectivity index (χ0v) is 23.0. The molecule has 194 valence electrons. The van der Waals surface area contributed by atoms with Crippen molar-refractivity contribution in [3.8, 4) is 41.2 Å². The van der Waals surface area contributed by atoms with Crippen molar-refractivity contribution in [2.45, 2.75) is 25.4 Å². The summed E-state index contributed by atoms with van der Waals surface area (Å²) < 4.78 is 16.6. The van der Waals surface area contributed by atoms with Gasteiger partial charge in [-0.2, -0.15) is 0 Å². The van der Waals surface area contributed by atoms with Gasteiger partial charge in [0.05, 0.1) is 33.3 Å². The summed E-state index contributed by atoms with van der Waals surface area (Å²) in [5, 5.41) is 5.66.